The zero-order valence-electron chi connectivity index (χ0n) is 17.7. The van der Waals surface area contributed by atoms with Crippen molar-refractivity contribution in [2.75, 3.05) is 23.8 Å². The van der Waals surface area contributed by atoms with Crippen LogP contribution >= 0.6 is 0 Å². The quantitative estimate of drug-likeness (QED) is 0.517. The van der Waals surface area contributed by atoms with Gasteiger partial charge in [-0.1, -0.05) is 25.1 Å². The summed E-state index contributed by atoms with van der Waals surface area (Å²) in [6.07, 6.45) is 0.835. The summed E-state index contributed by atoms with van der Waals surface area (Å²) in [7, 11) is 0. The predicted molar refractivity (Wildman–Crippen MR) is 122 cm³/mol. The van der Waals surface area contributed by atoms with E-state index in [1.54, 1.807) is 48.5 Å². The summed E-state index contributed by atoms with van der Waals surface area (Å²) in [4.78, 5) is 24.6. The molecule has 0 bridgehead atoms. The molecule has 2 N–H and O–H groups in total. The number of hydrogen-bond acceptors (Lipinski definition) is 4. The summed E-state index contributed by atoms with van der Waals surface area (Å²) in [6.45, 7) is 4.41. The van der Waals surface area contributed by atoms with Crippen molar-refractivity contribution in [2.24, 2.45) is 0 Å². The number of para-hydroxylation sites is 1. The number of nitrogens with one attached hydrogen (secondary N) is 2. The van der Waals surface area contributed by atoms with Crippen LogP contribution < -0.4 is 20.1 Å². The zero-order chi connectivity index (χ0) is 22.1. The summed E-state index contributed by atoms with van der Waals surface area (Å²) in [5, 5.41) is 5.70. The van der Waals surface area contributed by atoms with Gasteiger partial charge in [0.05, 0.1) is 6.61 Å². The lowest BCUT2D eigenvalue weighted by Crippen LogP contribution is -2.20. The number of carbonyl (C=O) groups is 2. The van der Waals surface area contributed by atoms with Gasteiger partial charge < -0.3 is 20.1 Å². The van der Waals surface area contributed by atoms with E-state index in [2.05, 4.69) is 10.6 Å². The minimum absolute atomic E-state index is 0.136. The Morgan fingerprint density at radius 1 is 0.774 bits per heavy atom. The molecule has 0 radical (unpaired) electrons. The predicted octanol–water partition coefficient (Wildman–Crippen LogP) is 4.92. The second-order valence-electron chi connectivity index (χ2n) is 6.78. The van der Waals surface area contributed by atoms with E-state index in [1.807, 2.05) is 38.1 Å². The molecule has 3 rings (SSSR count). The van der Waals surface area contributed by atoms with E-state index in [9.17, 15) is 9.59 Å². The molecule has 0 spiro atoms. The van der Waals surface area contributed by atoms with E-state index in [-0.39, 0.29) is 18.4 Å². The van der Waals surface area contributed by atoms with Crippen LogP contribution in [0.1, 0.15) is 29.8 Å². The van der Waals surface area contributed by atoms with Crippen LogP contribution in [-0.2, 0) is 11.2 Å². The molecule has 0 saturated heterocycles. The zero-order valence-corrected chi connectivity index (χ0v) is 17.7. The van der Waals surface area contributed by atoms with E-state index in [0.29, 0.717) is 23.6 Å². The second-order valence-corrected chi connectivity index (χ2v) is 6.78. The number of hydrogen-bond donors (Lipinski definition) is 2. The van der Waals surface area contributed by atoms with Crippen LogP contribution in [0, 0.1) is 0 Å². The minimum Gasteiger partial charge on any atom is -0.494 e. The normalized spacial score (nSPS) is 10.3. The molecule has 31 heavy (non-hydrogen) atoms. The number of carbonyl (C=O) groups excluding carboxylic acids is 2. The third kappa shape index (κ3) is 6.34. The highest BCUT2D eigenvalue weighted by molar-refractivity contribution is 6.04. The molecule has 0 saturated carbocycles. The van der Waals surface area contributed by atoms with Crippen molar-refractivity contribution in [3.05, 3.63) is 83.9 Å². The first-order valence-electron chi connectivity index (χ1n) is 10.2. The maximum absolute atomic E-state index is 12.5. The van der Waals surface area contributed by atoms with Crippen molar-refractivity contribution in [3.8, 4) is 11.5 Å². The van der Waals surface area contributed by atoms with Crippen molar-refractivity contribution in [1.82, 2.24) is 0 Å². The first-order valence-corrected chi connectivity index (χ1v) is 10.2. The molecule has 3 aromatic carbocycles. The first-order chi connectivity index (χ1) is 15.1. The van der Waals surface area contributed by atoms with E-state index < -0.39 is 0 Å². The summed E-state index contributed by atoms with van der Waals surface area (Å²) in [6, 6.07) is 21.5. The fraction of sp³-hybridized carbons (Fsp3) is 0.200. The van der Waals surface area contributed by atoms with Gasteiger partial charge >= 0.3 is 0 Å². The van der Waals surface area contributed by atoms with Crippen molar-refractivity contribution >= 4 is 23.2 Å². The van der Waals surface area contributed by atoms with Crippen LogP contribution in [0.25, 0.3) is 0 Å². The van der Waals surface area contributed by atoms with E-state index in [1.165, 1.54) is 0 Å². The summed E-state index contributed by atoms with van der Waals surface area (Å²) < 4.78 is 10.9. The van der Waals surface area contributed by atoms with Gasteiger partial charge in [0.25, 0.3) is 11.8 Å². The Balaban J connectivity index is 1.50. The standard InChI is InChI=1S/C25H26N2O4/c1-3-18-7-5-6-8-23(18)27-25(29)19-9-13-22(14-10-19)31-17-24(28)26-20-11-15-21(16-12-20)30-4-2/h5-16H,3-4,17H2,1-2H3,(H,26,28)(H,27,29). The molecule has 0 aliphatic carbocycles. The number of ether oxygens (including phenoxy) is 2. The fourth-order valence-electron chi connectivity index (χ4n) is 2.99. The Morgan fingerprint density at radius 3 is 2.10 bits per heavy atom. The highest BCUT2D eigenvalue weighted by Gasteiger charge is 2.09. The number of benzene rings is 3. The van der Waals surface area contributed by atoms with Gasteiger partial charge in [0, 0.05) is 16.9 Å². The highest BCUT2D eigenvalue weighted by Crippen LogP contribution is 2.19. The van der Waals surface area contributed by atoms with Crippen LogP contribution in [0.4, 0.5) is 11.4 Å². The molecule has 0 fully saturated rings. The topological polar surface area (TPSA) is 76.7 Å². The molecule has 0 atom stereocenters. The van der Waals surface area contributed by atoms with Crippen LogP contribution in [0.3, 0.4) is 0 Å². The molecular weight excluding hydrogens is 392 g/mol. The number of anilines is 2. The Morgan fingerprint density at radius 2 is 1.42 bits per heavy atom. The van der Waals surface area contributed by atoms with Gasteiger partial charge in [0.15, 0.2) is 6.61 Å². The highest BCUT2D eigenvalue weighted by atomic mass is 16.5. The van der Waals surface area contributed by atoms with Gasteiger partial charge in [-0.3, -0.25) is 9.59 Å². The fourth-order valence-corrected chi connectivity index (χ4v) is 2.99. The van der Waals surface area contributed by atoms with Crippen LogP contribution in [0.15, 0.2) is 72.8 Å². The Hall–Kier alpha value is -3.80. The molecule has 6 heteroatoms. The van der Waals surface area contributed by atoms with Crippen LogP contribution in [0.2, 0.25) is 0 Å². The van der Waals surface area contributed by atoms with Gasteiger partial charge in [-0.2, -0.15) is 0 Å². The summed E-state index contributed by atoms with van der Waals surface area (Å²) in [5.74, 6) is 0.786. The molecule has 0 aliphatic heterocycles. The molecule has 3 aromatic rings. The Bertz CT molecular complexity index is 1010. The average Bonchev–Trinajstić information content (AvgIpc) is 2.80. The van der Waals surface area contributed by atoms with Gasteiger partial charge in [-0.25, -0.2) is 0 Å². The lowest BCUT2D eigenvalue weighted by molar-refractivity contribution is -0.118. The van der Waals surface area contributed by atoms with E-state index in [4.69, 9.17) is 9.47 Å². The largest absolute Gasteiger partial charge is 0.494 e. The van der Waals surface area contributed by atoms with Crippen molar-refractivity contribution < 1.29 is 19.1 Å². The molecule has 0 heterocycles. The third-order valence-electron chi connectivity index (χ3n) is 4.58. The number of amides is 2. The molecule has 2 amide bonds. The van der Waals surface area contributed by atoms with Gasteiger partial charge in [0.2, 0.25) is 0 Å². The number of rotatable bonds is 9. The third-order valence-corrected chi connectivity index (χ3v) is 4.58. The maximum Gasteiger partial charge on any atom is 0.262 e. The van der Waals surface area contributed by atoms with Crippen molar-refractivity contribution in [1.29, 1.82) is 0 Å². The molecule has 0 unspecified atom stereocenters. The Labute approximate surface area is 182 Å². The molecule has 6 nitrogen and oxygen atoms in total. The number of aryl methyl sites for hydroxylation is 1. The second kappa shape index (κ2) is 10.8. The van der Waals surface area contributed by atoms with Crippen molar-refractivity contribution in [2.45, 2.75) is 20.3 Å². The smallest absolute Gasteiger partial charge is 0.262 e. The lowest BCUT2D eigenvalue weighted by Gasteiger charge is -2.11. The van der Waals surface area contributed by atoms with Gasteiger partial charge in [-0.15, -0.1) is 0 Å². The Kier molecular flexibility index (Phi) is 7.65. The van der Waals surface area contributed by atoms with Gasteiger partial charge in [-0.05, 0) is 73.5 Å². The molecular formula is C25H26N2O4. The molecule has 0 aliphatic rings. The molecule has 160 valence electrons. The first kappa shape index (κ1) is 21.9. The van der Waals surface area contributed by atoms with E-state index >= 15 is 0 Å². The van der Waals surface area contributed by atoms with E-state index in [0.717, 1.165) is 23.4 Å². The monoisotopic (exact) mass is 418 g/mol. The minimum atomic E-state index is -0.276. The summed E-state index contributed by atoms with van der Waals surface area (Å²) in [5.41, 5.74) is 3.06. The van der Waals surface area contributed by atoms with Crippen molar-refractivity contribution in [3.63, 3.8) is 0 Å². The summed E-state index contributed by atoms with van der Waals surface area (Å²) >= 11 is 0. The SMILES string of the molecule is CCOc1ccc(NC(=O)COc2ccc(C(=O)Nc3ccccc3CC)cc2)cc1. The van der Waals surface area contributed by atoms with Crippen LogP contribution in [0.5, 0.6) is 11.5 Å². The average molecular weight is 418 g/mol. The maximum atomic E-state index is 12.5. The molecule has 0 aromatic heterocycles. The lowest BCUT2D eigenvalue weighted by atomic mass is 10.1. The van der Waals surface area contributed by atoms with Crippen LogP contribution in [-0.4, -0.2) is 25.0 Å². The van der Waals surface area contributed by atoms with Gasteiger partial charge in [0.1, 0.15) is 11.5 Å².